The molecule has 1 aliphatic heterocycles. The number of rotatable bonds is 6. The first kappa shape index (κ1) is 21.7. The first-order valence-electron chi connectivity index (χ1n) is 10.8. The zero-order valence-corrected chi connectivity index (χ0v) is 18.5. The molecule has 32 heavy (non-hydrogen) atoms. The van der Waals surface area contributed by atoms with Crippen LogP contribution in [0.3, 0.4) is 0 Å². The molecule has 0 aromatic heterocycles. The predicted molar refractivity (Wildman–Crippen MR) is 127 cm³/mol. The summed E-state index contributed by atoms with van der Waals surface area (Å²) in [5.74, 6) is 0.834. The van der Waals surface area contributed by atoms with E-state index in [0.29, 0.717) is 24.5 Å². The number of phenolic OH excluding ortho intramolecular Hbond substituents is 1. The minimum Gasteiger partial charge on any atom is -0.506 e. The Kier molecular flexibility index (Phi) is 6.61. The van der Waals surface area contributed by atoms with Gasteiger partial charge in [0.1, 0.15) is 17.5 Å². The van der Waals surface area contributed by atoms with Gasteiger partial charge in [-0.1, -0.05) is 48.5 Å². The molecule has 3 aromatic carbocycles. The van der Waals surface area contributed by atoms with Crippen LogP contribution >= 0.6 is 0 Å². The number of nitrogens with one attached hydrogen (secondary N) is 1. The van der Waals surface area contributed by atoms with E-state index in [-0.39, 0.29) is 11.7 Å². The monoisotopic (exact) mass is 431 g/mol. The summed E-state index contributed by atoms with van der Waals surface area (Å²) in [6, 6.07) is 22.6. The summed E-state index contributed by atoms with van der Waals surface area (Å²) < 4.78 is 5.45. The molecule has 1 amide bonds. The lowest BCUT2D eigenvalue weighted by molar-refractivity contribution is -0.121. The number of anilines is 2. The zero-order chi connectivity index (χ0) is 22.5. The Bertz CT molecular complexity index is 1060. The Labute approximate surface area is 189 Å². The fraction of sp³-hybridized carbons (Fsp3) is 0.269. The molecule has 6 heteroatoms. The van der Waals surface area contributed by atoms with Crippen LogP contribution in [-0.2, 0) is 4.79 Å². The number of benzene rings is 3. The van der Waals surface area contributed by atoms with Crippen molar-refractivity contribution in [2.24, 2.45) is 0 Å². The number of amides is 1. The standard InChI is InChI=1S/C26H29N3O3/c1-19-12-13-24(32-2)21(18-19)27-26(31)25(20-8-4-3-5-9-20)29-16-14-28(15-17-29)22-10-6-7-11-23(22)30/h3-13,18,25,30H,14-17H2,1-2H3,(H,27,31). The van der Waals surface area contributed by atoms with E-state index in [2.05, 4.69) is 15.1 Å². The molecular formula is C26H29N3O3. The number of piperazine rings is 1. The number of aryl methyl sites for hydroxylation is 1. The molecule has 6 nitrogen and oxygen atoms in total. The van der Waals surface area contributed by atoms with Crippen molar-refractivity contribution in [1.82, 2.24) is 4.90 Å². The van der Waals surface area contributed by atoms with Gasteiger partial charge in [-0.15, -0.1) is 0 Å². The third-order valence-corrected chi connectivity index (χ3v) is 5.88. The fourth-order valence-electron chi connectivity index (χ4n) is 4.24. The molecule has 0 saturated carbocycles. The van der Waals surface area contributed by atoms with Crippen LogP contribution < -0.4 is 15.0 Å². The van der Waals surface area contributed by atoms with E-state index >= 15 is 0 Å². The Morgan fingerprint density at radius 2 is 1.66 bits per heavy atom. The van der Waals surface area contributed by atoms with Gasteiger partial charge in [0.15, 0.2) is 0 Å². The topological polar surface area (TPSA) is 65.0 Å². The van der Waals surface area contributed by atoms with Gasteiger partial charge in [-0.3, -0.25) is 9.69 Å². The van der Waals surface area contributed by atoms with Crippen LogP contribution in [-0.4, -0.2) is 49.2 Å². The van der Waals surface area contributed by atoms with Gasteiger partial charge in [-0.2, -0.15) is 0 Å². The van der Waals surface area contributed by atoms with E-state index in [4.69, 9.17) is 4.74 Å². The second kappa shape index (κ2) is 9.75. The molecule has 1 heterocycles. The number of para-hydroxylation sites is 2. The lowest BCUT2D eigenvalue weighted by Gasteiger charge is -2.40. The van der Waals surface area contributed by atoms with Gasteiger partial charge < -0.3 is 20.1 Å². The summed E-state index contributed by atoms with van der Waals surface area (Å²) in [4.78, 5) is 17.9. The molecule has 3 aromatic rings. The van der Waals surface area contributed by atoms with Crippen LogP contribution in [0, 0.1) is 6.92 Å². The minimum absolute atomic E-state index is 0.0869. The largest absolute Gasteiger partial charge is 0.506 e. The molecule has 1 saturated heterocycles. The summed E-state index contributed by atoms with van der Waals surface area (Å²) in [5.41, 5.74) is 3.50. The van der Waals surface area contributed by atoms with Gasteiger partial charge in [0.2, 0.25) is 5.91 Å². The highest BCUT2D eigenvalue weighted by molar-refractivity contribution is 5.97. The van der Waals surface area contributed by atoms with Crippen LogP contribution in [0.4, 0.5) is 11.4 Å². The van der Waals surface area contributed by atoms with Crippen LogP contribution in [0.1, 0.15) is 17.2 Å². The summed E-state index contributed by atoms with van der Waals surface area (Å²) in [7, 11) is 1.60. The molecule has 1 unspecified atom stereocenters. The number of hydrogen-bond acceptors (Lipinski definition) is 5. The summed E-state index contributed by atoms with van der Waals surface area (Å²) in [6.45, 7) is 4.84. The molecule has 4 rings (SSSR count). The van der Waals surface area contributed by atoms with Crippen LogP contribution in [0.15, 0.2) is 72.8 Å². The maximum absolute atomic E-state index is 13.5. The number of nitrogens with zero attached hydrogens (tertiary/aromatic N) is 2. The first-order chi connectivity index (χ1) is 15.6. The second-order valence-corrected chi connectivity index (χ2v) is 8.02. The van der Waals surface area contributed by atoms with Crippen molar-refractivity contribution in [2.75, 3.05) is 43.5 Å². The Balaban J connectivity index is 1.55. The number of methoxy groups -OCH3 is 1. The van der Waals surface area contributed by atoms with Crippen LogP contribution in [0.25, 0.3) is 0 Å². The molecule has 1 fully saturated rings. The van der Waals surface area contributed by atoms with Crippen molar-refractivity contribution < 1.29 is 14.6 Å². The molecule has 0 bridgehead atoms. The average Bonchev–Trinajstić information content (AvgIpc) is 2.81. The number of ether oxygens (including phenoxy) is 1. The number of carbonyl (C=O) groups is 1. The maximum Gasteiger partial charge on any atom is 0.246 e. The number of carbonyl (C=O) groups excluding carboxylic acids is 1. The highest BCUT2D eigenvalue weighted by Gasteiger charge is 2.31. The first-order valence-corrected chi connectivity index (χ1v) is 10.8. The highest BCUT2D eigenvalue weighted by Crippen LogP contribution is 2.31. The molecule has 166 valence electrons. The SMILES string of the molecule is COc1ccc(C)cc1NC(=O)C(c1ccccc1)N1CCN(c2ccccc2O)CC1. The van der Waals surface area contributed by atoms with E-state index < -0.39 is 6.04 Å². The quantitative estimate of drug-likeness (QED) is 0.612. The summed E-state index contributed by atoms with van der Waals surface area (Å²) in [6.07, 6.45) is 0. The molecular weight excluding hydrogens is 402 g/mol. The van der Waals surface area contributed by atoms with Crippen LogP contribution in [0.2, 0.25) is 0 Å². The third-order valence-electron chi connectivity index (χ3n) is 5.88. The van der Waals surface area contributed by atoms with Crippen molar-refractivity contribution in [3.63, 3.8) is 0 Å². The zero-order valence-electron chi connectivity index (χ0n) is 18.5. The molecule has 1 aliphatic rings. The van der Waals surface area contributed by atoms with Crippen LogP contribution in [0.5, 0.6) is 11.5 Å². The van der Waals surface area contributed by atoms with Gasteiger partial charge in [0, 0.05) is 26.2 Å². The van der Waals surface area contributed by atoms with Gasteiger partial charge in [0.25, 0.3) is 0 Å². The van der Waals surface area contributed by atoms with Gasteiger partial charge in [0.05, 0.1) is 18.5 Å². The van der Waals surface area contributed by atoms with E-state index in [9.17, 15) is 9.90 Å². The Morgan fingerprint density at radius 3 is 2.34 bits per heavy atom. The van der Waals surface area contributed by atoms with Gasteiger partial charge >= 0.3 is 0 Å². The molecule has 0 spiro atoms. The van der Waals surface area contributed by atoms with Crippen molar-refractivity contribution in [1.29, 1.82) is 0 Å². The van der Waals surface area contributed by atoms with E-state index in [1.54, 1.807) is 13.2 Å². The number of phenols is 1. The smallest absolute Gasteiger partial charge is 0.246 e. The van der Waals surface area contributed by atoms with Crippen molar-refractivity contribution in [3.8, 4) is 11.5 Å². The number of hydrogen-bond donors (Lipinski definition) is 2. The lowest BCUT2D eigenvalue weighted by Crippen LogP contribution is -2.50. The lowest BCUT2D eigenvalue weighted by atomic mass is 10.0. The fourth-order valence-corrected chi connectivity index (χ4v) is 4.24. The minimum atomic E-state index is -0.423. The van der Waals surface area contributed by atoms with Crippen molar-refractivity contribution >= 4 is 17.3 Å². The molecule has 0 radical (unpaired) electrons. The summed E-state index contributed by atoms with van der Waals surface area (Å²) in [5, 5.41) is 13.3. The van der Waals surface area contributed by atoms with Crippen molar-refractivity contribution in [2.45, 2.75) is 13.0 Å². The molecule has 1 atom stereocenters. The average molecular weight is 432 g/mol. The summed E-state index contributed by atoms with van der Waals surface area (Å²) >= 11 is 0. The van der Waals surface area contributed by atoms with E-state index in [1.807, 2.05) is 73.7 Å². The highest BCUT2D eigenvalue weighted by atomic mass is 16.5. The Hall–Kier alpha value is -3.51. The van der Waals surface area contributed by atoms with Gasteiger partial charge in [-0.25, -0.2) is 0 Å². The normalized spacial score (nSPS) is 15.2. The van der Waals surface area contributed by atoms with E-state index in [1.165, 1.54) is 0 Å². The number of aromatic hydroxyl groups is 1. The van der Waals surface area contributed by atoms with E-state index in [0.717, 1.165) is 29.9 Å². The predicted octanol–water partition coefficient (Wildman–Crippen LogP) is 4.21. The Morgan fingerprint density at radius 1 is 0.969 bits per heavy atom. The molecule has 0 aliphatic carbocycles. The van der Waals surface area contributed by atoms with Gasteiger partial charge in [-0.05, 0) is 42.3 Å². The second-order valence-electron chi connectivity index (χ2n) is 8.02. The van der Waals surface area contributed by atoms with Crippen molar-refractivity contribution in [3.05, 3.63) is 83.9 Å². The third kappa shape index (κ3) is 4.70. The molecule has 2 N–H and O–H groups in total. The maximum atomic E-state index is 13.5.